The molecule has 0 bridgehead atoms. The van der Waals surface area contributed by atoms with Crippen molar-refractivity contribution in [1.82, 2.24) is 0 Å². The Kier molecular flexibility index (Phi) is 4.69. The third-order valence-electron chi connectivity index (χ3n) is 4.51. The maximum Gasteiger partial charge on any atom is 0.212 e. The lowest BCUT2D eigenvalue weighted by Gasteiger charge is -2.20. The predicted molar refractivity (Wildman–Crippen MR) is 107 cm³/mol. The molecule has 0 aliphatic carbocycles. The topological polar surface area (TPSA) is 47.2 Å². The van der Waals surface area contributed by atoms with Gasteiger partial charge in [0.2, 0.25) is 5.52 Å². The van der Waals surface area contributed by atoms with Crippen molar-refractivity contribution in [1.29, 1.82) is 0 Å². The first-order chi connectivity index (χ1) is 13.1. The van der Waals surface area contributed by atoms with Gasteiger partial charge < -0.3 is 14.8 Å². The zero-order valence-electron chi connectivity index (χ0n) is 14.8. The molecule has 0 radical (unpaired) electrons. The number of carbonyl (C=O) groups excluding carboxylic acids is 1. The van der Waals surface area contributed by atoms with E-state index in [4.69, 9.17) is 0 Å². The van der Waals surface area contributed by atoms with E-state index in [1.807, 2.05) is 61.8 Å². The number of carboxylic acids is 1. The number of hydrogen-bond donors (Lipinski definition) is 0. The molecule has 27 heavy (non-hydrogen) atoms. The predicted octanol–water partition coefficient (Wildman–Crippen LogP) is 2.88. The largest absolute Gasteiger partial charge is 0.548 e. The van der Waals surface area contributed by atoms with Crippen LogP contribution in [0.15, 0.2) is 82.9 Å². The van der Waals surface area contributed by atoms with Crippen LogP contribution in [-0.4, -0.2) is 12.5 Å². The summed E-state index contributed by atoms with van der Waals surface area (Å²) in [6.45, 7) is -0.159. The van der Waals surface area contributed by atoms with Crippen molar-refractivity contribution in [2.75, 3.05) is 11.4 Å². The maximum absolute atomic E-state index is 11.2. The third-order valence-corrected chi connectivity index (χ3v) is 5.64. The summed E-state index contributed by atoms with van der Waals surface area (Å²) < 4.78 is 2.09. The second-order valence-electron chi connectivity index (χ2n) is 6.29. The number of aliphatic carboxylic acids is 1. The van der Waals surface area contributed by atoms with Gasteiger partial charge in [-0.05, 0) is 29.8 Å². The molecule has 0 saturated carbocycles. The van der Waals surface area contributed by atoms with Gasteiger partial charge in [-0.3, -0.25) is 0 Å². The number of para-hydroxylation sites is 2. The standard InChI is InChI=1S/C22H18N2O2S/c1-23-14-13-16(17-8-2-3-9-18(17)23)7-6-12-21-24(15-22(25)26)19-10-4-5-11-20(19)27-21/h2-14H,15H2,1H3. The van der Waals surface area contributed by atoms with Crippen molar-refractivity contribution in [3.63, 3.8) is 0 Å². The first kappa shape index (κ1) is 17.4. The SMILES string of the molecule is C[n+]1ccc(/C=C/C=C2/Sc3ccccc3N2CC(=O)[O-])c2ccccc21. The molecule has 0 amide bonds. The lowest BCUT2D eigenvalue weighted by Crippen LogP contribution is -2.36. The van der Waals surface area contributed by atoms with Gasteiger partial charge in [-0.2, -0.15) is 0 Å². The van der Waals surface area contributed by atoms with Gasteiger partial charge in [0, 0.05) is 17.0 Å². The van der Waals surface area contributed by atoms with Gasteiger partial charge in [0.25, 0.3) is 0 Å². The van der Waals surface area contributed by atoms with Crippen molar-refractivity contribution in [2.24, 2.45) is 7.05 Å². The highest BCUT2D eigenvalue weighted by atomic mass is 32.2. The van der Waals surface area contributed by atoms with Crippen LogP contribution in [0, 0.1) is 0 Å². The van der Waals surface area contributed by atoms with Crippen LogP contribution in [0.1, 0.15) is 5.56 Å². The zero-order chi connectivity index (χ0) is 18.8. The highest BCUT2D eigenvalue weighted by Crippen LogP contribution is 2.45. The molecule has 0 unspecified atom stereocenters. The number of thioether (sulfide) groups is 1. The van der Waals surface area contributed by atoms with Gasteiger partial charge in [-0.15, -0.1) is 0 Å². The Morgan fingerprint density at radius 3 is 2.78 bits per heavy atom. The molecule has 134 valence electrons. The van der Waals surface area contributed by atoms with E-state index in [2.05, 4.69) is 28.8 Å². The van der Waals surface area contributed by atoms with E-state index in [1.165, 1.54) is 5.39 Å². The van der Waals surface area contributed by atoms with Crippen LogP contribution in [0.5, 0.6) is 0 Å². The summed E-state index contributed by atoms with van der Waals surface area (Å²) in [4.78, 5) is 14.0. The lowest BCUT2D eigenvalue weighted by atomic mass is 10.1. The average Bonchev–Trinajstić information content (AvgIpc) is 3.01. The number of nitrogens with zero attached hydrogens (tertiary/aromatic N) is 2. The van der Waals surface area contributed by atoms with E-state index in [9.17, 15) is 9.90 Å². The molecule has 0 saturated heterocycles. The van der Waals surface area contributed by atoms with Crippen molar-refractivity contribution in [3.05, 3.63) is 83.5 Å². The number of allylic oxidation sites excluding steroid dienone is 2. The fourth-order valence-corrected chi connectivity index (χ4v) is 4.31. The summed E-state index contributed by atoms with van der Waals surface area (Å²) in [5.41, 5.74) is 3.18. The van der Waals surface area contributed by atoms with Crippen molar-refractivity contribution < 1.29 is 14.5 Å². The van der Waals surface area contributed by atoms with Crippen LogP contribution in [0.25, 0.3) is 17.0 Å². The van der Waals surface area contributed by atoms with E-state index in [0.29, 0.717) is 0 Å². The minimum absolute atomic E-state index is 0.159. The molecule has 4 rings (SSSR count). The van der Waals surface area contributed by atoms with Crippen LogP contribution in [0.2, 0.25) is 0 Å². The van der Waals surface area contributed by atoms with E-state index in [-0.39, 0.29) is 6.54 Å². The first-order valence-electron chi connectivity index (χ1n) is 8.63. The molecule has 2 heterocycles. The fourth-order valence-electron chi connectivity index (χ4n) is 3.24. The third kappa shape index (κ3) is 3.46. The van der Waals surface area contributed by atoms with Crippen molar-refractivity contribution in [3.8, 4) is 0 Å². The maximum atomic E-state index is 11.2. The van der Waals surface area contributed by atoms with Gasteiger partial charge in [-0.25, -0.2) is 4.57 Å². The molecule has 0 atom stereocenters. The number of hydrogen-bond acceptors (Lipinski definition) is 4. The van der Waals surface area contributed by atoms with Gasteiger partial charge in [0.05, 0.1) is 28.6 Å². The quantitative estimate of drug-likeness (QED) is 0.659. The molecule has 4 nitrogen and oxygen atoms in total. The Morgan fingerprint density at radius 2 is 1.93 bits per heavy atom. The highest BCUT2D eigenvalue weighted by molar-refractivity contribution is 8.03. The van der Waals surface area contributed by atoms with Crippen LogP contribution >= 0.6 is 11.8 Å². The molecule has 1 aliphatic rings. The first-order valence-corrected chi connectivity index (χ1v) is 9.45. The Hall–Kier alpha value is -3.05. The van der Waals surface area contributed by atoms with Gasteiger partial charge in [0.1, 0.15) is 7.05 Å². The van der Waals surface area contributed by atoms with Crippen molar-refractivity contribution >= 4 is 40.4 Å². The number of pyridine rings is 1. The molecular formula is C22H18N2O2S. The highest BCUT2D eigenvalue weighted by Gasteiger charge is 2.24. The smallest absolute Gasteiger partial charge is 0.212 e. The minimum atomic E-state index is -1.09. The molecule has 2 aromatic carbocycles. The van der Waals surface area contributed by atoms with Gasteiger partial charge >= 0.3 is 0 Å². The normalized spacial score (nSPS) is 15.0. The Bertz CT molecular complexity index is 1090. The second-order valence-corrected chi connectivity index (χ2v) is 7.35. The summed E-state index contributed by atoms with van der Waals surface area (Å²) >= 11 is 1.57. The molecule has 0 spiro atoms. The van der Waals surface area contributed by atoms with Crippen molar-refractivity contribution in [2.45, 2.75) is 4.90 Å². The Balaban J connectivity index is 1.66. The van der Waals surface area contributed by atoms with Crippen LogP contribution in [-0.2, 0) is 11.8 Å². The second kappa shape index (κ2) is 7.29. The molecule has 0 N–H and O–H groups in total. The number of aromatic nitrogens is 1. The van der Waals surface area contributed by atoms with Crippen LogP contribution in [0.3, 0.4) is 0 Å². The fraction of sp³-hybridized carbons (Fsp3) is 0.0909. The van der Waals surface area contributed by atoms with Crippen LogP contribution in [0.4, 0.5) is 5.69 Å². The molecule has 5 heteroatoms. The number of anilines is 1. The van der Waals surface area contributed by atoms with Gasteiger partial charge in [0.15, 0.2) is 6.20 Å². The summed E-state index contributed by atoms with van der Waals surface area (Å²) in [6, 6.07) is 18.1. The van der Waals surface area contributed by atoms with E-state index in [0.717, 1.165) is 26.7 Å². The molecule has 0 fully saturated rings. The number of benzene rings is 2. The number of rotatable bonds is 4. The summed E-state index contributed by atoms with van der Waals surface area (Å²) in [5.74, 6) is -1.09. The van der Waals surface area contributed by atoms with E-state index < -0.39 is 5.97 Å². The summed E-state index contributed by atoms with van der Waals surface area (Å²) in [5, 5.41) is 13.2. The molecule has 1 aromatic heterocycles. The number of carbonyl (C=O) groups is 1. The van der Waals surface area contributed by atoms with E-state index >= 15 is 0 Å². The number of carboxylic acid groups (broad SMARTS) is 1. The minimum Gasteiger partial charge on any atom is -0.548 e. The summed E-state index contributed by atoms with van der Waals surface area (Å²) in [6.07, 6.45) is 8.02. The number of aryl methyl sites for hydroxylation is 1. The molecule has 1 aliphatic heterocycles. The van der Waals surface area contributed by atoms with Gasteiger partial charge in [-0.1, -0.05) is 48.2 Å². The van der Waals surface area contributed by atoms with Crippen LogP contribution < -0.4 is 14.6 Å². The molecule has 3 aromatic rings. The summed E-state index contributed by atoms with van der Waals surface area (Å²) in [7, 11) is 2.03. The number of fused-ring (bicyclic) bond motifs is 2. The Morgan fingerprint density at radius 1 is 1.15 bits per heavy atom. The lowest BCUT2D eigenvalue weighted by molar-refractivity contribution is -0.644. The average molecular weight is 374 g/mol. The Labute approximate surface area is 162 Å². The molecular weight excluding hydrogens is 356 g/mol. The zero-order valence-corrected chi connectivity index (χ0v) is 15.6. The monoisotopic (exact) mass is 374 g/mol. The van der Waals surface area contributed by atoms with E-state index in [1.54, 1.807) is 16.7 Å².